The van der Waals surface area contributed by atoms with Crippen molar-refractivity contribution in [2.24, 2.45) is 5.92 Å². The fourth-order valence-electron chi connectivity index (χ4n) is 4.06. The fourth-order valence-corrected chi connectivity index (χ4v) is 5.10. The van der Waals surface area contributed by atoms with Gasteiger partial charge in [0.1, 0.15) is 11.4 Å². The van der Waals surface area contributed by atoms with Gasteiger partial charge in [0, 0.05) is 18.8 Å². The zero-order chi connectivity index (χ0) is 22.1. The lowest BCUT2D eigenvalue weighted by atomic mass is 10.0. The van der Waals surface area contributed by atoms with Crippen molar-refractivity contribution in [1.82, 2.24) is 14.5 Å². The number of nitrogens with zero attached hydrogens (tertiary/aromatic N) is 3. The fraction of sp³-hybridized carbons (Fsp3) is 0.391. The molecule has 3 aromatic rings. The Labute approximate surface area is 184 Å². The van der Waals surface area contributed by atoms with Crippen molar-refractivity contribution in [3.8, 4) is 0 Å². The molecule has 0 radical (unpaired) electrons. The summed E-state index contributed by atoms with van der Waals surface area (Å²) in [6.45, 7) is 7.27. The first-order chi connectivity index (χ1) is 14.8. The summed E-state index contributed by atoms with van der Waals surface area (Å²) in [5.41, 5.74) is 2.06. The lowest BCUT2D eigenvalue weighted by Gasteiger charge is -2.31. The number of aromatic nitrogens is 2. The number of hydrogen-bond acceptors (Lipinski definition) is 5. The third-order valence-corrected chi connectivity index (χ3v) is 6.91. The van der Waals surface area contributed by atoms with Gasteiger partial charge in [-0.1, -0.05) is 19.1 Å². The number of amides is 2. The number of aryl methyl sites for hydroxylation is 2. The standard InChI is InChI=1S/C23H26N4O3S/c1-14-6-4-8-17(10-14)25-21(29)20-16(3)19-22(31-20)24-13-27(23(19)30)12-18(28)26-9-5-7-15(2)11-26/h4,6,8,10,13,15H,5,7,9,11-12H2,1-3H3,(H,25,29)/t15-/m0/s1. The van der Waals surface area contributed by atoms with Gasteiger partial charge in [0.2, 0.25) is 5.91 Å². The zero-order valence-electron chi connectivity index (χ0n) is 18.0. The maximum absolute atomic E-state index is 13.1. The highest BCUT2D eigenvalue weighted by Crippen LogP contribution is 2.28. The summed E-state index contributed by atoms with van der Waals surface area (Å²) >= 11 is 1.19. The van der Waals surface area contributed by atoms with Crippen LogP contribution in [0.2, 0.25) is 0 Å². The first-order valence-corrected chi connectivity index (χ1v) is 11.3. The summed E-state index contributed by atoms with van der Waals surface area (Å²) in [6.07, 6.45) is 3.52. The number of piperidine rings is 1. The van der Waals surface area contributed by atoms with Crippen molar-refractivity contribution >= 4 is 39.1 Å². The summed E-state index contributed by atoms with van der Waals surface area (Å²) in [5.74, 6) is 0.138. The minimum Gasteiger partial charge on any atom is -0.341 e. The molecule has 8 heteroatoms. The monoisotopic (exact) mass is 438 g/mol. The van der Waals surface area contributed by atoms with Crippen LogP contribution in [0.1, 0.15) is 40.6 Å². The second kappa shape index (κ2) is 8.63. The predicted octanol–water partition coefficient (Wildman–Crippen LogP) is 3.59. The van der Waals surface area contributed by atoms with Gasteiger partial charge in [0.05, 0.1) is 16.6 Å². The Kier molecular flexibility index (Phi) is 5.91. The van der Waals surface area contributed by atoms with Crippen LogP contribution in [0.15, 0.2) is 35.4 Å². The number of likely N-dealkylation sites (tertiary alicyclic amines) is 1. The number of rotatable bonds is 4. The van der Waals surface area contributed by atoms with Crippen LogP contribution in [0, 0.1) is 19.8 Å². The quantitative estimate of drug-likeness (QED) is 0.675. The highest BCUT2D eigenvalue weighted by Gasteiger charge is 2.23. The van der Waals surface area contributed by atoms with Gasteiger partial charge in [-0.05, 0) is 55.9 Å². The average Bonchev–Trinajstić information content (AvgIpc) is 3.07. The van der Waals surface area contributed by atoms with Crippen molar-refractivity contribution in [1.29, 1.82) is 0 Å². The summed E-state index contributed by atoms with van der Waals surface area (Å²) in [6, 6.07) is 7.55. The van der Waals surface area contributed by atoms with Crippen LogP contribution in [0.3, 0.4) is 0 Å². The van der Waals surface area contributed by atoms with E-state index in [1.165, 1.54) is 22.2 Å². The number of nitrogens with one attached hydrogen (secondary N) is 1. The van der Waals surface area contributed by atoms with E-state index in [9.17, 15) is 14.4 Å². The first kappa shape index (κ1) is 21.2. The number of carbonyl (C=O) groups is 2. The smallest absolute Gasteiger partial charge is 0.266 e. The molecular formula is C23H26N4O3S. The minimum absolute atomic E-state index is 0.0331. The maximum Gasteiger partial charge on any atom is 0.266 e. The SMILES string of the molecule is Cc1cccc(NC(=O)c2sc3ncn(CC(=O)N4CCC[C@H](C)C4)c(=O)c3c2C)c1. The maximum atomic E-state index is 13.1. The van der Waals surface area contributed by atoms with E-state index in [2.05, 4.69) is 17.2 Å². The van der Waals surface area contributed by atoms with Gasteiger partial charge >= 0.3 is 0 Å². The Balaban J connectivity index is 1.59. The molecule has 7 nitrogen and oxygen atoms in total. The lowest BCUT2D eigenvalue weighted by molar-refractivity contribution is -0.133. The highest BCUT2D eigenvalue weighted by atomic mass is 32.1. The number of anilines is 1. The molecule has 3 heterocycles. The zero-order valence-corrected chi connectivity index (χ0v) is 18.8. The molecule has 0 bridgehead atoms. The third-order valence-electron chi connectivity index (χ3n) is 5.71. The molecule has 1 atom stereocenters. The minimum atomic E-state index is -0.285. The van der Waals surface area contributed by atoms with Crippen LogP contribution >= 0.6 is 11.3 Å². The van der Waals surface area contributed by atoms with E-state index < -0.39 is 0 Å². The molecule has 1 saturated heterocycles. The number of hydrogen-bond donors (Lipinski definition) is 1. The Bertz CT molecular complexity index is 1210. The number of thiophene rings is 1. The molecule has 4 rings (SSSR count). The molecule has 0 unspecified atom stereocenters. The van der Waals surface area contributed by atoms with E-state index in [4.69, 9.17) is 0 Å². The largest absolute Gasteiger partial charge is 0.341 e. The van der Waals surface area contributed by atoms with Gasteiger partial charge < -0.3 is 10.2 Å². The number of carbonyl (C=O) groups excluding carboxylic acids is 2. The Morgan fingerprint density at radius 2 is 2.10 bits per heavy atom. The van der Waals surface area contributed by atoms with Crippen LogP contribution < -0.4 is 10.9 Å². The van der Waals surface area contributed by atoms with Crippen LogP contribution in [0.25, 0.3) is 10.2 Å². The van der Waals surface area contributed by atoms with Crippen LogP contribution in [-0.4, -0.2) is 39.4 Å². The summed E-state index contributed by atoms with van der Waals surface area (Å²) in [5, 5.41) is 3.29. The molecule has 2 amide bonds. The molecule has 1 aromatic carbocycles. The van der Waals surface area contributed by atoms with E-state index >= 15 is 0 Å². The molecule has 162 valence electrons. The van der Waals surface area contributed by atoms with Crippen LogP contribution in [-0.2, 0) is 11.3 Å². The Morgan fingerprint density at radius 3 is 2.84 bits per heavy atom. The van der Waals surface area contributed by atoms with Crippen molar-refractivity contribution in [3.63, 3.8) is 0 Å². The second-order valence-corrected chi connectivity index (χ2v) is 9.32. The molecule has 1 aliphatic heterocycles. The molecule has 1 fully saturated rings. The molecule has 1 aliphatic rings. The van der Waals surface area contributed by atoms with Crippen LogP contribution in [0.5, 0.6) is 0 Å². The third kappa shape index (κ3) is 4.39. The topological polar surface area (TPSA) is 84.3 Å². The van der Waals surface area contributed by atoms with Crippen molar-refractivity contribution < 1.29 is 9.59 Å². The Hall–Kier alpha value is -3.00. The van der Waals surface area contributed by atoms with Gasteiger partial charge in [-0.25, -0.2) is 4.98 Å². The predicted molar refractivity (Wildman–Crippen MR) is 123 cm³/mol. The van der Waals surface area contributed by atoms with Gasteiger partial charge in [-0.15, -0.1) is 11.3 Å². The lowest BCUT2D eigenvalue weighted by Crippen LogP contribution is -2.42. The molecular weight excluding hydrogens is 412 g/mol. The molecule has 0 aliphatic carbocycles. The number of benzene rings is 1. The van der Waals surface area contributed by atoms with Crippen LogP contribution in [0.4, 0.5) is 5.69 Å². The van der Waals surface area contributed by atoms with Gasteiger partial charge in [-0.2, -0.15) is 0 Å². The molecule has 0 spiro atoms. The van der Waals surface area contributed by atoms with Gasteiger partial charge in [0.15, 0.2) is 0 Å². The normalized spacial score (nSPS) is 16.5. The first-order valence-electron chi connectivity index (χ1n) is 10.5. The average molecular weight is 439 g/mol. The van der Waals surface area contributed by atoms with E-state index in [1.807, 2.05) is 36.1 Å². The second-order valence-electron chi connectivity index (χ2n) is 8.32. The van der Waals surface area contributed by atoms with E-state index in [-0.39, 0.29) is 23.9 Å². The number of fused-ring (bicyclic) bond motifs is 1. The summed E-state index contributed by atoms with van der Waals surface area (Å²) < 4.78 is 1.35. The summed E-state index contributed by atoms with van der Waals surface area (Å²) in [4.78, 5) is 45.8. The Morgan fingerprint density at radius 1 is 1.29 bits per heavy atom. The van der Waals surface area contributed by atoms with Gasteiger partial charge in [0.25, 0.3) is 11.5 Å². The molecule has 2 aromatic heterocycles. The van der Waals surface area contributed by atoms with Gasteiger partial charge in [-0.3, -0.25) is 19.0 Å². The van der Waals surface area contributed by atoms with Crippen molar-refractivity contribution in [3.05, 3.63) is 57.0 Å². The summed E-state index contributed by atoms with van der Waals surface area (Å²) in [7, 11) is 0. The molecule has 0 saturated carbocycles. The van der Waals surface area contributed by atoms with E-state index in [0.29, 0.717) is 32.3 Å². The van der Waals surface area contributed by atoms with E-state index in [0.717, 1.165) is 31.5 Å². The van der Waals surface area contributed by atoms with E-state index in [1.54, 1.807) is 6.92 Å². The van der Waals surface area contributed by atoms with Crippen molar-refractivity contribution in [2.45, 2.75) is 40.2 Å². The molecule has 31 heavy (non-hydrogen) atoms. The highest BCUT2D eigenvalue weighted by molar-refractivity contribution is 7.20. The molecule has 1 N–H and O–H groups in total. The van der Waals surface area contributed by atoms with Crippen molar-refractivity contribution in [2.75, 3.05) is 18.4 Å².